The molecule has 10 nitrogen and oxygen atoms in total. The van der Waals surface area contributed by atoms with Gasteiger partial charge in [-0.3, -0.25) is 0 Å². The summed E-state index contributed by atoms with van der Waals surface area (Å²) in [7, 11) is 0. The zero-order valence-corrected chi connectivity index (χ0v) is 50.3. The van der Waals surface area contributed by atoms with Gasteiger partial charge < -0.3 is 47.7 Å². The topological polar surface area (TPSA) is 64.2 Å². The average Bonchev–Trinajstić information content (AvgIpc) is 1.06. The molecule has 0 radical (unpaired) electrons. The Morgan fingerprint density at radius 3 is 0.872 bits per heavy atom. The van der Waals surface area contributed by atoms with E-state index >= 15 is 0 Å². The Hall–Kier alpha value is -12.5. The molecule has 0 unspecified atom stereocenters. The number of ether oxygens (including phenoxy) is 2. The molecule has 94 heavy (non-hydrogen) atoms. The van der Waals surface area contributed by atoms with Crippen LogP contribution in [0.4, 0.5) is 102 Å². The van der Waals surface area contributed by atoms with Crippen LogP contribution in [0.15, 0.2) is 312 Å². The smallest absolute Gasteiger partial charge is 0.297 e. The number of para-hydroxylation sites is 14. The van der Waals surface area contributed by atoms with Crippen molar-refractivity contribution in [2.24, 2.45) is 0 Å². The predicted molar refractivity (Wildman–Crippen MR) is 384 cm³/mol. The molecular formula is C82H50B2N6O4. The minimum atomic E-state index is -0.402. The third kappa shape index (κ3) is 7.16. The van der Waals surface area contributed by atoms with Gasteiger partial charge in [-0.2, -0.15) is 0 Å². The van der Waals surface area contributed by atoms with E-state index in [1.165, 1.54) is 0 Å². The van der Waals surface area contributed by atoms with Gasteiger partial charge in [0, 0.05) is 67.6 Å². The Morgan fingerprint density at radius 1 is 0.223 bits per heavy atom. The third-order valence-electron chi connectivity index (χ3n) is 19.7. The molecule has 21 rings (SSSR count). The van der Waals surface area contributed by atoms with Gasteiger partial charge in [0.05, 0.1) is 56.8 Å². The minimum Gasteiger partial charge on any atom is -0.468 e. The molecule has 2 aromatic heterocycles. The lowest BCUT2D eigenvalue weighted by Crippen LogP contribution is -2.65. The Bertz CT molecular complexity index is 5230. The van der Waals surface area contributed by atoms with Crippen LogP contribution < -0.4 is 72.0 Å². The van der Waals surface area contributed by atoms with Crippen LogP contribution in [0.1, 0.15) is 0 Å². The Morgan fingerprint density at radius 2 is 0.511 bits per heavy atom. The van der Waals surface area contributed by atoms with Crippen LogP contribution in [0.5, 0.6) is 23.0 Å². The summed E-state index contributed by atoms with van der Waals surface area (Å²) in [6.07, 6.45) is 0. The molecule has 0 amide bonds. The van der Waals surface area contributed by atoms with Crippen molar-refractivity contribution in [3.05, 3.63) is 303 Å². The second-order valence-corrected chi connectivity index (χ2v) is 24.7. The summed E-state index contributed by atoms with van der Waals surface area (Å²) in [4.78, 5) is 14.7. The second-order valence-electron chi connectivity index (χ2n) is 24.7. The monoisotopic (exact) mass is 1200 g/mol. The van der Waals surface area contributed by atoms with Gasteiger partial charge in [0.25, 0.3) is 13.4 Å². The standard InChI is InChI=1S/C82H50B2N6O4/c1-5-25-51(26-6-1)85-65-50-66-60(49-59(65)83-77-67(85)45-55(87-61-35-15-21-41-73(61)91-74-42-22-16-36-62(74)87)47-69(77)89(53-29-9-3-10-30-53)79-57-33-13-19-39-71(57)93-81(79)83)84-78-68(86(66)52-27-7-2-8-28-52)46-56(88-63-37-17-23-43-75(63)92-76-44-24-18-38-64(76)88)48-70(78)90(54-31-11-4-12-32-54)80-58-34-14-20-40-72(58)94-82(80)84/h1-50H. The zero-order chi connectivity index (χ0) is 61.3. The number of hydrogen-bond donors (Lipinski definition) is 0. The van der Waals surface area contributed by atoms with Gasteiger partial charge in [0.2, 0.25) is 0 Å². The van der Waals surface area contributed by atoms with Crippen molar-refractivity contribution in [2.45, 2.75) is 0 Å². The number of hydrogen-bond acceptors (Lipinski definition) is 10. The van der Waals surface area contributed by atoms with Crippen molar-refractivity contribution in [3.8, 4) is 23.0 Å². The van der Waals surface area contributed by atoms with E-state index < -0.39 is 13.4 Å². The molecule has 438 valence electrons. The van der Waals surface area contributed by atoms with E-state index in [-0.39, 0.29) is 0 Å². The second kappa shape index (κ2) is 19.5. The molecule has 0 saturated heterocycles. The first-order valence-corrected chi connectivity index (χ1v) is 32.0. The summed E-state index contributed by atoms with van der Waals surface area (Å²) in [5.74, 6) is 3.12. The summed E-state index contributed by atoms with van der Waals surface area (Å²) < 4.78 is 28.6. The zero-order valence-electron chi connectivity index (χ0n) is 50.3. The molecule has 0 atom stereocenters. The van der Waals surface area contributed by atoms with Crippen molar-refractivity contribution in [1.82, 2.24) is 0 Å². The van der Waals surface area contributed by atoms with Crippen molar-refractivity contribution >= 4 is 171 Å². The van der Waals surface area contributed by atoms with Crippen LogP contribution in [0.25, 0.3) is 21.9 Å². The van der Waals surface area contributed by atoms with Crippen molar-refractivity contribution in [3.63, 3.8) is 0 Å². The molecule has 0 spiro atoms. The molecule has 6 aliphatic rings. The summed E-state index contributed by atoms with van der Waals surface area (Å²) in [6.45, 7) is -0.805. The maximum Gasteiger partial charge on any atom is 0.297 e. The molecule has 0 N–H and O–H groups in total. The summed E-state index contributed by atoms with van der Waals surface area (Å²) >= 11 is 0. The molecule has 0 fully saturated rings. The van der Waals surface area contributed by atoms with Gasteiger partial charge in [0.15, 0.2) is 23.0 Å². The van der Waals surface area contributed by atoms with E-state index in [0.29, 0.717) is 0 Å². The van der Waals surface area contributed by atoms with Gasteiger partial charge >= 0.3 is 0 Å². The molecule has 0 bridgehead atoms. The first-order chi connectivity index (χ1) is 46.7. The molecule has 6 aliphatic heterocycles. The lowest BCUT2D eigenvalue weighted by Gasteiger charge is -2.46. The molecule has 12 heteroatoms. The maximum atomic E-state index is 7.55. The lowest BCUT2D eigenvalue weighted by atomic mass is 9.32. The van der Waals surface area contributed by atoms with E-state index in [2.05, 4.69) is 308 Å². The normalized spacial score (nSPS) is 14.0. The first kappa shape index (κ1) is 51.2. The van der Waals surface area contributed by atoms with Gasteiger partial charge in [0.1, 0.15) is 11.2 Å². The van der Waals surface area contributed by atoms with Gasteiger partial charge in [-0.1, -0.05) is 152 Å². The molecular weight excluding hydrogens is 1150 g/mol. The molecule has 13 aromatic carbocycles. The third-order valence-corrected chi connectivity index (χ3v) is 19.7. The fourth-order valence-corrected chi connectivity index (χ4v) is 15.9. The van der Waals surface area contributed by atoms with Gasteiger partial charge in [-0.15, -0.1) is 0 Å². The molecule has 15 aromatic rings. The highest BCUT2D eigenvalue weighted by Crippen LogP contribution is 2.58. The summed E-state index contributed by atoms with van der Waals surface area (Å²) in [5.41, 5.74) is 25.9. The maximum absolute atomic E-state index is 7.55. The number of furan rings is 2. The van der Waals surface area contributed by atoms with Crippen LogP contribution >= 0.6 is 0 Å². The number of anilines is 18. The van der Waals surface area contributed by atoms with E-state index in [9.17, 15) is 0 Å². The highest BCUT2D eigenvalue weighted by Gasteiger charge is 2.52. The Kier molecular flexibility index (Phi) is 10.6. The molecule has 8 heterocycles. The number of benzene rings is 13. The van der Waals surface area contributed by atoms with Crippen LogP contribution in [0, 0.1) is 0 Å². The van der Waals surface area contributed by atoms with Crippen molar-refractivity contribution < 1.29 is 18.3 Å². The lowest BCUT2D eigenvalue weighted by molar-refractivity contribution is 0.477. The number of rotatable bonds is 6. The van der Waals surface area contributed by atoms with E-state index in [1.807, 2.05) is 24.3 Å². The van der Waals surface area contributed by atoms with Gasteiger partial charge in [-0.05, 0) is 174 Å². The highest BCUT2D eigenvalue weighted by molar-refractivity contribution is 7.02. The quantitative estimate of drug-likeness (QED) is 0.150. The van der Waals surface area contributed by atoms with Crippen LogP contribution in [0.2, 0.25) is 0 Å². The van der Waals surface area contributed by atoms with Gasteiger partial charge in [-0.25, -0.2) is 0 Å². The fourth-order valence-electron chi connectivity index (χ4n) is 15.9. The van der Waals surface area contributed by atoms with Crippen molar-refractivity contribution in [2.75, 3.05) is 29.4 Å². The Balaban J connectivity index is 0.904. The average molecular weight is 1200 g/mol. The van der Waals surface area contributed by atoms with E-state index in [4.69, 9.17) is 18.3 Å². The van der Waals surface area contributed by atoms with Crippen LogP contribution in [0.3, 0.4) is 0 Å². The fraction of sp³-hybridized carbons (Fsp3) is 0. The summed E-state index contributed by atoms with van der Waals surface area (Å²) in [6, 6.07) is 109. The Labute approximate surface area is 541 Å². The number of fused-ring (bicyclic) bond motifs is 16. The van der Waals surface area contributed by atoms with E-state index in [0.717, 1.165) is 180 Å². The minimum absolute atomic E-state index is 0.402. The van der Waals surface area contributed by atoms with Crippen LogP contribution in [-0.2, 0) is 0 Å². The highest BCUT2D eigenvalue weighted by atomic mass is 16.5. The predicted octanol–water partition coefficient (Wildman–Crippen LogP) is 18.5. The molecule has 0 aliphatic carbocycles. The largest absolute Gasteiger partial charge is 0.468 e. The number of nitrogens with zero attached hydrogens (tertiary/aromatic N) is 6. The van der Waals surface area contributed by atoms with Crippen LogP contribution in [-0.4, -0.2) is 13.4 Å². The van der Waals surface area contributed by atoms with Crippen molar-refractivity contribution in [1.29, 1.82) is 0 Å². The SMILES string of the molecule is c1ccc(N2c3cc4c(cc3B3c5oc6ccccc6c5N(c5ccccc5)c5cc(N6c7ccccc7Oc7ccccc76)cc2c53)B2c3oc5ccccc5c3N(c3ccccc3)c3cc(N5c6ccccc6Oc6ccccc65)cc(c32)N4c2ccccc2)cc1. The molecule has 0 saturated carbocycles. The van der Waals surface area contributed by atoms with E-state index in [1.54, 1.807) is 0 Å². The summed E-state index contributed by atoms with van der Waals surface area (Å²) in [5, 5.41) is 2.06. The first-order valence-electron chi connectivity index (χ1n) is 32.0.